The molecule has 0 bridgehead atoms. The molecule has 2 aromatic carbocycles. The standard InChI is InChI=1S/C23H25N3O5/c1-15(2)16-9-11-18(12-10-16)24-19(27)14-31-20(28)13-26-21(29)23(3,25-22(26)30)17-7-5-4-6-8-17/h4-12,15H,13-14H2,1-3H3,(H,24,27)(H,25,30)/t23-/m0/s1. The zero-order chi connectivity index (χ0) is 22.6. The van der Waals surface area contributed by atoms with Crippen LogP contribution < -0.4 is 10.6 Å². The van der Waals surface area contributed by atoms with Crippen molar-refractivity contribution in [3.63, 3.8) is 0 Å². The summed E-state index contributed by atoms with van der Waals surface area (Å²) in [7, 11) is 0. The monoisotopic (exact) mass is 423 g/mol. The van der Waals surface area contributed by atoms with Crippen LogP contribution in [0.1, 0.15) is 37.8 Å². The lowest BCUT2D eigenvalue weighted by molar-refractivity contribution is -0.150. The predicted molar refractivity (Wildman–Crippen MR) is 114 cm³/mol. The summed E-state index contributed by atoms with van der Waals surface area (Å²) in [6.07, 6.45) is 0. The van der Waals surface area contributed by atoms with Crippen LogP contribution in [-0.4, -0.2) is 41.9 Å². The minimum Gasteiger partial charge on any atom is -0.454 e. The van der Waals surface area contributed by atoms with E-state index in [2.05, 4.69) is 24.5 Å². The van der Waals surface area contributed by atoms with Crippen molar-refractivity contribution < 1.29 is 23.9 Å². The summed E-state index contributed by atoms with van der Waals surface area (Å²) < 4.78 is 4.95. The molecule has 2 N–H and O–H groups in total. The molecule has 2 aromatic rings. The summed E-state index contributed by atoms with van der Waals surface area (Å²) >= 11 is 0. The number of nitrogens with zero attached hydrogens (tertiary/aromatic N) is 1. The number of carbonyl (C=O) groups excluding carboxylic acids is 4. The number of hydrogen-bond acceptors (Lipinski definition) is 5. The Morgan fingerprint density at radius 3 is 2.32 bits per heavy atom. The second-order valence-electron chi connectivity index (χ2n) is 7.80. The molecule has 1 aliphatic heterocycles. The van der Waals surface area contributed by atoms with Crippen LogP contribution in [0.15, 0.2) is 54.6 Å². The average Bonchev–Trinajstić information content (AvgIpc) is 2.97. The Bertz CT molecular complexity index is 988. The normalized spacial score (nSPS) is 18.1. The molecule has 162 valence electrons. The Hall–Kier alpha value is -3.68. The van der Waals surface area contributed by atoms with Crippen molar-refractivity contribution in [3.8, 4) is 0 Å². The third kappa shape index (κ3) is 4.91. The van der Waals surface area contributed by atoms with Crippen molar-refractivity contribution in [3.05, 3.63) is 65.7 Å². The van der Waals surface area contributed by atoms with Crippen LogP contribution in [-0.2, 0) is 24.7 Å². The number of rotatable bonds is 7. The van der Waals surface area contributed by atoms with Crippen molar-refractivity contribution in [2.45, 2.75) is 32.2 Å². The van der Waals surface area contributed by atoms with Crippen molar-refractivity contribution in [1.82, 2.24) is 10.2 Å². The third-order valence-corrected chi connectivity index (χ3v) is 5.14. The maximum atomic E-state index is 12.8. The first-order valence-electron chi connectivity index (χ1n) is 9.96. The topological polar surface area (TPSA) is 105 Å². The van der Waals surface area contributed by atoms with Crippen LogP contribution in [0.2, 0.25) is 0 Å². The average molecular weight is 423 g/mol. The largest absolute Gasteiger partial charge is 0.454 e. The second-order valence-corrected chi connectivity index (χ2v) is 7.80. The van der Waals surface area contributed by atoms with E-state index in [1.54, 1.807) is 49.4 Å². The molecule has 1 heterocycles. The first kappa shape index (κ1) is 22.0. The van der Waals surface area contributed by atoms with Gasteiger partial charge in [-0.1, -0.05) is 56.3 Å². The van der Waals surface area contributed by atoms with E-state index in [0.717, 1.165) is 10.5 Å². The highest BCUT2D eigenvalue weighted by atomic mass is 16.5. The summed E-state index contributed by atoms with van der Waals surface area (Å²) in [5.41, 5.74) is 1.06. The summed E-state index contributed by atoms with van der Waals surface area (Å²) in [4.78, 5) is 50.0. The number of nitrogens with one attached hydrogen (secondary N) is 2. The molecule has 8 heteroatoms. The molecule has 4 amide bonds. The molecule has 0 unspecified atom stereocenters. The fraction of sp³-hybridized carbons (Fsp3) is 0.304. The predicted octanol–water partition coefficient (Wildman–Crippen LogP) is 2.76. The fourth-order valence-electron chi connectivity index (χ4n) is 3.28. The minimum atomic E-state index is -1.27. The first-order valence-corrected chi connectivity index (χ1v) is 9.96. The number of carbonyl (C=O) groups is 4. The summed E-state index contributed by atoms with van der Waals surface area (Å²) in [5, 5.41) is 5.25. The summed E-state index contributed by atoms with van der Waals surface area (Å²) in [6.45, 7) is 4.61. The van der Waals surface area contributed by atoms with Crippen LogP contribution in [0.4, 0.5) is 10.5 Å². The molecule has 31 heavy (non-hydrogen) atoms. The van der Waals surface area contributed by atoms with E-state index in [1.807, 2.05) is 12.1 Å². The highest BCUT2D eigenvalue weighted by molar-refractivity contribution is 6.09. The van der Waals surface area contributed by atoms with Gasteiger partial charge in [-0.25, -0.2) is 4.79 Å². The van der Waals surface area contributed by atoms with E-state index >= 15 is 0 Å². The molecular formula is C23H25N3O5. The number of esters is 1. The van der Waals surface area contributed by atoms with Gasteiger partial charge < -0.3 is 15.4 Å². The number of imide groups is 1. The number of anilines is 1. The maximum absolute atomic E-state index is 12.8. The Morgan fingerprint density at radius 2 is 1.71 bits per heavy atom. The number of ether oxygens (including phenoxy) is 1. The smallest absolute Gasteiger partial charge is 0.326 e. The zero-order valence-electron chi connectivity index (χ0n) is 17.7. The quantitative estimate of drug-likeness (QED) is 0.526. The van der Waals surface area contributed by atoms with E-state index in [9.17, 15) is 19.2 Å². The molecule has 8 nitrogen and oxygen atoms in total. The maximum Gasteiger partial charge on any atom is 0.326 e. The zero-order valence-corrected chi connectivity index (χ0v) is 17.7. The van der Waals surface area contributed by atoms with Crippen LogP contribution in [0.3, 0.4) is 0 Å². The molecule has 0 spiro atoms. The molecule has 0 radical (unpaired) electrons. The lowest BCUT2D eigenvalue weighted by atomic mass is 9.92. The van der Waals surface area contributed by atoms with Crippen LogP contribution in [0.25, 0.3) is 0 Å². The molecular weight excluding hydrogens is 398 g/mol. The third-order valence-electron chi connectivity index (χ3n) is 5.14. The number of urea groups is 1. The molecule has 1 saturated heterocycles. The van der Waals surface area contributed by atoms with E-state index in [-0.39, 0.29) is 0 Å². The molecule has 3 rings (SSSR count). The number of hydrogen-bond donors (Lipinski definition) is 2. The van der Waals surface area contributed by atoms with Crippen LogP contribution >= 0.6 is 0 Å². The number of benzene rings is 2. The molecule has 1 fully saturated rings. The Kier molecular flexibility index (Phi) is 6.39. The summed E-state index contributed by atoms with van der Waals surface area (Å²) in [5.74, 6) is -1.56. The fourth-order valence-corrected chi connectivity index (χ4v) is 3.28. The molecule has 1 atom stereocenters. The van der Waals surface area contributed by atoms with Gasteiger partial charge in [0.1, 0.15) is 12.1 Å². The van der Waals surface area contributed by atoms with Crippen LogP contribution in [0.5, 0.6) is 0 Å². The van der Waals surface area contributed by atoms with Crippen molar-refractivity contribution in [1.29, 1.82) is 0 Å². The highest BCUT2D eigenvalue weighted by Gasteiger charge is 2.49. The Labute approximate surface area is 180 Å². The van der Waals surface area contributed by atoms with Crippen LogP contribution in [0, 0.1) is 0 Å². The summed E-state index contributed by atoms with van der Waals surface area (Å²) in [6, 6.07) is 15.4. The van der Waals surface area contributed by atoms with Crippen molar-refractivity contribution in [2.75, 3.05) is 18.5 Å². The van der Waals surface area contributed by atoms with E-state index in [0.29, 0.717) is 17.2 Å². The molecule has 1 aliphatic rings. The highest BCUT2D eigenvalue weighted by Crippen LogP contribution is 2.28. The van der Waals surface area contributed by atoms with Gasteiger partial charge in [0, 0.05) is 5.69 Å². The van der Waals surface area contributed by atoms with Gasteiger partial charge in [0.05, 0.1) is 0 Å². The van der Waals surface area contributed by atoms with E-state index in [4.69, 9.17) is 4.74 Å². The first-order chi connectivity index (χ1) is 14.7. The Morgan fingerprint density at radius 1 is 1.06 bits per heavy atom. The lowest BCUT2D eigenvalue weighted by Crippen LogP contribution is -2.41. The van der Waals surface area contributed by atoms with Gasteiger partial charge in [-0.2, -0.15) is 0 Å². The van der Waals surface area contributed by atoms with Gasteiger partial charge in [0.25, 0.3) is 11.8 Å². The van der Waals surface area contributed by atoms with Gasteiger partial charge in [-0.3, -0.25) is 19.3 Å². The van der Waals surface area contributed by atoms with Crippen molar-refractivity contribution in [2.24, 2.45) is 0 Å². The second kappa shape index (κ2) is 8.99. The SMILES string of the molecule is CC(C)c1ccc(NC(=O)COC(=O)CN2C(=O)N[C@@](C)(c3ccccc3)C2=O)cc1. The van der Waals surface area contributed by atoms with E-state index < -0.39 is 42.5 Å². The molecule has 0 saturated carbocycles. The lowest BCUT2D eigenvalue weighted by Gasteiger charge is -2.21. The molecule has 0 aliphatic carbocycles. The minimum absolute atomic E-state index is 0.375. The van der Waals surface area contributed by atoms with E-state index in [1.165, 1.54) is 0 Å². The van der Waals surface area contributed by atoms with Gasteiger partial charge in [-0.15, -0.1) is 0 Å². The number of amides is 4. The van der Waals surface area contributed by atoms with Gasteiger partial charge in [0.15, 0.2) is 6.61 Å². The van der Waals surface area contributed by atoms with Crippen molar-refractivity contribution >= 4 is 29.5 Å². The molecule has 0 aromatic heterocycles. The van der Waals surface area contributed by atoms with Gasteiger partial charge >= 0.3 is 12.0 Å². The van der Waals surface area contributed by atoms with Gasteiger partial charge in [0.2, 0.25) is 0 Å². The Balaban J connectivity index is 1.53. The van der Waals surface area contributed by atoms with Gasteiger partial charge in [-0.05, 0) is 36.1 Å².